The molecule has 2 rings (SSSR count). The second-order valence-corrected chi connectivity index (χ2v) is 3.13. The fraction of sp³-hybridized carbons (Fsp3) is 0.222. The predicted molar refractivity (Wildman–Crippen MR) is 50.9 cm³/mol. The van der Waals surface area contributed by atoms with Crippen molar-refractivity contribution in [3.8, 4) is 0 Å². The highest BCUT2D eigenvalue weighted by atomic mass is 16.3. The van der Waals surface area contributed by atoms with Gasteiger partial charge in [0.05, 0.1) is 11.9 Å². The van der Waals surface area contributed by atoms with Crippen LogP contribution in [0.5, 0.6) is 0 Å². The lowest BCUT2D eigenvalue weighted by atomic mass is 10.3. The van der Waals surface area contributed by atoms with Crippen molar-refractivity contribution in [2.45, 2.75) is 6.23 Å². The van der Waals surface area contributed by atoms with E-state index in [1.54, 1.807) is 18.3 Å². The van der Waals surface area contributed by atoms with Crippen LogP contribution in [0, 0.1) is 0 Å². The van der Waals surface area contributed by atoms with Crippen LogP contribution in [-0.4, -0.2) is 40.2 Å². The summed E-state index contributed by atoms with van der Waals surface area (Å²) in [6, 6.07) is 2.67. The van der Waals surface area contributed by atoms with Crippen molar-refractivity contribution in [3.05, 3.63) is 24.5 Å². The molecule has 1 aliphatic rings. The summed E-state index contributed by atoms with van der Waals surface area (Å²) >= 11 is 0. The maximum atomic E-state index is 11.6. The average Bonchev–Trinajstić information content (AvgIpc) is 2.45. The molecule has 2 heterocycles. The van der Waals surface area contributed by atoms with Gasteiger partial charge in [0.1, 0.15) is 0 Å². The Balaban J connectivity index is 2.39. The Labute approximate surface area is 85.7 Å². The number of hydrogen-bond acceptors (Lipinski definition) is 4. The first-order valence-corrected chi connectivity index (χ1v) is 4.32. The molecule has 1 aromatic rings. The van der Waals surface area contributed by atoms with E-state index >= 15 is 0 Å². The van der Waals surface area contributed by atoms with Gasteiger partial charge in [0.25, 0.3) is 5.91 Å². The van der Waals surface area contributed by atoms with Gasteiger partial charge in [0.2, 0.25) is 6.23 Å². The number of aliphatic hydroxyl groups is 1. The minimum atomic E-state index is -1.45. The summed E-state index contributed by atoms with van der Waals surface area (Å²) < 4.78 is 0. The van der Waals surface area contributed by atoms with E-state index in [-0.39, 0.29) is 0 Å². The van der Waals surface area contributed by atoms with E-state index in [9.17, 15) is 14.7 Å². The molecule has 0 aromatic carbocycles. The molecule has 78 valence electrons. The summed E-state index contributed by atoms with van der Waals surface area (Å²) in [7, 11) is 1.32. The number of anilines is 1. The Morgan fingerprint density at radius 3 is 2.67 bits per heavy atom. The molecule has 0 bridgehead atoms. The molecular formula is C9H9N3O3. The molecule has 6 heteroatoms. The molecule has 1 atom stereocenters. The molecule has 15 heavy (non-hydrogen) atoms. The highest BCUT2D eigenvalue weighted by Gasteiger charge is 2.42. The van der Waals surface area contributed by atoms with Crippen molar-refractivity contribution in [2.24, 2.45) is 0 Å². The molecule has 6 nitrogen and oxygen atoms in total. The third-order valence-corrected chi connectivity index (χ3v) is 2.21. The van der Waals surface area contributed by atoms with Crippen molar-refractivity contribution < 1.29 is 14.7 Å². The molecule has 1 aliphatic heterocycles. The van der Waals surface area contributed by atoms with Gasteiger partial charge in [0.15, 0.2) is 0 Å². The molecule has 1 N–H and O–H groups in total. The molecular weight excluding hydrogens is 198 g/mol. The molecule has 0 aliphatic carbocycles. The van der Waals surface area contributed by atoms with Crippen LogP contribution in [0.25, 0.3) is 0 Å². The molecule has 1 saturated heterocycles. The topological polar surface area (TPSA) is 73.7 Å². The molecule has 0 spiro atoms. The first-order valence-electron chi connectivity index (χ1n) is 4.32. The summed E-state index contributed by atoms with van der Waals surface area (Å²) in [5.41, 5.74) is 0.396. The van der Waals surface area contributed by atoms with Crippen molar-refractivity contribution in [3.63, 3.8) is 0 Å². The first-order chi connectivity index (χ1) is 7.13. The summed E-state index contributed by atoms with van der Waals surface area (Å²) in [6.45, 7) is 0. The molecule has 1 unspecified atom stereocenters. The van der Waals surface area contributed by atoms with E-state index in [1.165, 1.54) is 13.2 Å². The van der Waals surface area contributed by atoms with E-state index in [2.05, 4.69) is 4.98 Å². The number of aromatic nitrogens is 1. The van der Waals surface area contributed by atoms with Crippen LogP contribution in [0.2, 0.25) is 0 Å². The molecule has 1 aromatic heterocycles. The maximum Gasteiger partial charge on any atom is 0.333 e. The van der Waals surface area contributed by atoms with Crippen molar-refractivity contribution in [2.75, 3.05) is 11.9 Å². The number of urea groups is 1. The number of hydrogen-bond donors (Lipinski definition) is 1. The van der Waals surface area contributed by atoms with Crippen LogP contribution in [0.15, 0.2) is 24.5 Å². The van der Waals surface area contributed by atoms with Crippen LogP contribution in [0.1, 0.15) is 0 Å². The smallest absolute Gasteiger partial charge is 0.333 e. The van der Waals surface area contributed by atoms with Gasteiger partial charge >= 0.3 is 6.03 Å². The van der Waals surface area contributed by atoms with E-state index in [0.717, 1.165) is 9.80 Å². The maximum absolute atomic E-state index is 11.6. The number of nitrogens with zero attached hydrogens (tertiary/aromatic N) is 3. The van der Waals surface area contributed by atoms with Gasteiger partial charge in [-0.3, -0.25) is 19.6 Å². The standard InChI is InChI=1S/C9H9N3O3/c1-11-7(13)8(14)12(9(11)15)6-3-2-4-10-5-6/h2-5,8,14H,1H3. The van der Waals surface area contributed by atoms with E-state index in [4.69, 9.17) is 0 Å². The lowest BCUT2D eigenvalue weighted by Crippen LogP contribution is -2.34. The van der Waals surface area contributed by atoms with E-state index in [0.29, 0.717) is 5.69 Å². The Bertz CT molecular complexity index is 406. The monoisotopic (exact) mass is 207 g/mol. The van der Waals surface area contributed by atoms with Gasteiger partial charge in [-0.1, -0.05) is 0 Å². The SMILES string of the molecule is CN1C(=O)C(O)N(c2cccnc2)C1=O. The third-order valence-electron chi connectivity index (χ3n) is 2.21. The summed E-state index contributed by atoms with van der Waals surface area (Å²) in [5.74, 6) is -0.635. The van der Waals surface area contributed by atoms with Crippen molar-refractivity contribution in [1.82, 2.24) is 9.88 Å². The van der Waals surface area contributed by atoms with Crippen LogP contribution < -0.4 is 4.90 Å². The summed E-state index contributed by atoms with van der Waals surface area (Å²) in [4.78, 5) is 28.5. The lowest BCUT2D eigenvalue weighted by Gasteiger charge is -2.16. The number of amides is 3. The van der Waals surface area contributed by atoms with Gasteiger partial charge in [-0.25, -0.2) is 4.79 Å². The second kappa shape index (κ2) is 3.32. The molecule has 3 amide bonds. The summed E-state index contributed by atoms with van der Waals surface area (Å²) in [6.07, 6.45) is 1.50. The van der Waals surface area contributed by atoms with Crippen LogP contribution in [-0.2, 0) is 4.79 Å². The zero-order chi connectivity index (χ0) is 11.0. The number of likely N-dealkylation sites (N-methyl/N-ethyl adjacent to an activating group) is 1. The number of pyridine rings is 1. The van der Waals surface area contributed by atoms with Crippen molar-refractivity contribution >= 4 is 17.6 Å². The summed E-state index contributed by atoms with van der Waals surface area (Å²) in [5, 5.41) is 9.54. The van der Waals surface area contributed by atoms with E-state index < -0.39 is 18.2 Å². The number of rotatable bonds is 1. The first kappa shape index (κ1) is 9.60. The van der Waals surface area contributed by atoms with Gasteiger partial charge in [-0.2, -0.15) is 0 Å². The van der Waals surface area contributed by atoms with Crippen LogP contribution in [0.4, 0.5) is 10.5 Å². The van der Waals surface area contributed by atoms with Crippen LogP contribution in [0.3, 0.4) is 0 Å². The Kier molecular flexibility index (Phi) is 2.12. The normalized spacial score (nSPS) is 21.3. The predicted octanol–water partition coefficient (Wildman–Crippen LogP) is -0.202. The Hall–Kier alpha value is -1.95. The largest absolute Gasteiger partial charge is 0.365 e. The Morgan fingerprint density at radius 1 is 1.47 bits per heavy atom. The third kappa shape index (κ3) is 1.35. The number of carbonyl (C=O) groups excluding carboxylic acids is 2. The second-order valence-electron chi connectivity index (χ2n) is 3.13. The zero-order valence-electron chi connectivity index (χ0n) is 7.99. The fourth-order valence-corrected chi connectivity index (χ4v) is 1.39. The molecule has 0 saturated carbocycles. The minimum Gasteiger partial charge on any atom is -0.365 e. The quantitative estimate of drug-likeness (QED) is 0.647. The average molecular weight is 207 g/mol. The van der Waals surface area contributed by atoms with Crippen LogP contribution >= 0.6 is 0 Å². The van der Waals surface area contributed by atoms with Gasteiger partial charge < -0.3 is 5.11 Å². The number of carbonyl (C=O) groups is 2. The number of imide groups is 1. The van der Waals surface area contributed by atoms with Gasteiger partial charge in [0, 0.05) is 13.2 Å². The Morgan fingerprint density at radius 2 is 2.20 bits per heavy atom. The molecule has 1 fully saturated rings. The minimum absolute atomic E-state index is 0.396. The molecule has 0 radical (unpaired) electrons. The number of aliphatic hydroxyl groups excluding tert-OH is 1. The van der Waals surface area contributed by atoms with Gasteiger partial charge in [-0.15, -0.1) is 0 Å². The highest BCUT2D eigenvalue weighted by molar-refractivity contribution is 6.13. The van der Waals surface area contributed by atoms with Gasteiger partial charge in [-0.05, 0) is 12.1 Å². The van der Waals surface area contributed by atoms with Crippen molar-refractivity contribution in [1.29, 1.82) is 0 Å². The lowest BCUT2D eigenvalue weighted by molar-refractivity contribution is -0.132. The highest BCUT2D eigenvalue weighted by Crippen LogP contribution is 2.22. The zero-order valence-corrected chi connectivity index (χ0v) is 7.99. The van der Waals surface area contributed by atoms with E-state index in [1.807, 2.05) is 0 Å². The fourth-order valence-electron chi connectivity index (χ4n) is 1.39.